The summed E-state index contributed by atoms with van der Waals surface area (Å²) in [5, 5.41) is 0. The molecule has 2 aromatic carbocycles. The number of ether oxygens (including phenoxy) is 1. The molecule has 2 aliphatic heterocycles. The quantitative estimate of drug-likeness (QED) is 0.552. The Morgan fingerprint density at radius 2 is 1.86 bits per heavy atom. The maximum atomic E-state index is 13.3. The van der Waals surface area contributed by atoms with E-state index in [1.807, 2.05) is 54.8 Å². The largest absolute Gasteiger partial charge is 0.497 e. The lowest BCUT2D eigenvalue weighted by Gasteiger charge is -2.23. The van der Waals surface area contributed by atoms with Crippen molar-refractivity contribution in [2.45, 2.75) is 23.5 Å². The van der Waals surface area contributed by atoms with Crippen LogP contribution in [0.1, 0.15) is 5.56 Å². The van der Waals surface area contributed by atoms with Gasteiger partial charge in [0.1, 0.15) is 5.75 Å². The molecule has 2 aromatic rings. The first kappa shape index (κ1) is 19.1. The number of sulfone groups is 1. The monoisotopic (exact) mass is 418 g/mol. The van der Waals surface area contributed by atoms with Gasteiger partial charge < -0.3 is 9.64 Å². The van der Waals surface area contributed by atoms with Gasteiger partial charge in [0.2, 0.25) is 0 Å². The molecule has 28 heavy (non-hydrogen) atoms. The van der Waals surface area contributed by atoms with Crippen molar-refractivity contribution < 1.29 is 17.9 Å². The van der Waals surface area contributed by atoms with E-state index in [1.54, 1.807) is 28.7 Å². The SMILES string of the molecule is COc1cccc(CN2C(=O)N(c3cccc(SC)c3)[C@@H]3CS(=O)(=O)C[C@@H]32)c1. The molecular formula is C20H22N2O4S2. The number of thioether (sulfide) groups is 1. The molecule has 2 aliphatic rings. The van der Waals surface area contributed by atoms with Crippen molar-refractivity contribution in [2.75, 3.05) is 29.8 Å². The van der Waals surface area contributed by atoms with Gasteiger partial charge >= 0.3 is 6.03 Å². The highest BCUT2D eigenvalue weighted by Crippen LogP contribution is 2.37. The van der Waals surface area contributed by atoms with Crippen LogP contribution < -0.4 is 9.64 Å². The van der Waals surface area contributed by atoms with E-state index in [0.717, 1.165) is 16.1 Å². The molecule has 0 unspecified atom stereocenters. The molecule has 148 valence electrons. The third-order valence-corrected chi connectivity index (χ3v) is 7.72. The summed E-state index contributed by atoms with van der Waals surface area (Å²) in [4.78, 5) is 17.7. The summed E-state index contributed by atoms with van der Waals surface area (Å²) in [6.07, 6.45) is 1.98. The standard InChI is InChI=1S/C20H22N2O4S2/c1-26-16-7-3-5-14(9-16)11-21-18-12-28(24,25)13-19(18)22(20(21)23)15-6-4-8-17(10-15)27-2/h3-10,18-19H,11-13H2,1-2H3/t18-,19+/m0/s1. The first-order valence-electron chi connectivity index (χ1n) is 8.99. The van der Waals surface area contributed by atoms with Crippen LogP contribution in [-0.2, 0) is 16.4 Å². The Hall–Kier alpha value is -2.19. The van der Waals surface area contributed by atoms with Crippen LogP contribution in [0.3, 0.4) is 0 Å². The number of anilines is 1. The van der Waals surface area contributed by atoms with Crippen molar-refractivity contribution >= 4 is 33.3 Å². The molecule has 0 spiro atoms. The number of amides is 2. The summed E-state index contributed by atoms with van der Waals surface area (Å²) in [6.45, 7) is 0.353. The van der Waals surface area contributed by atoms with E-state index in [2.05, 4.69) is 0 Å². The minimum Gasteiger partial charge on any atom is -0.497 e. The number of methoxy groups -OCH3 is 1. The number of carbonyl (C=O) groups is 1. The summed E-state index contributed by atoms with van der Waals surface area (Å²) < 4.78 is 30.0. The minimum absolute atomic E-state index is 0.00150. The number of fused-ring (bicyclic) bond motifs is 1. The van der Waals surface area contributed by atoms with Crippen LogP contribution in [0.15, 0.2) is 53.4 Å². The number of hydrogen-bond acceptors (Lipinski definition) is 5. The maximum absolute atomic E-state index is 13.3. The topological polar surface area (TPSA) is 66.9 Å². The van der Waals surface area contributed by atoms with Crippen LogP contribution in [0.2, 0.25) is 0 Å². The molecule has 4 rings (SSSR count). The summed E-state index contributed by atoms with van der Waals surface area (Å²) in [7, 11) is -1.59. The molecule has 0 aliphatic carbocycles. The Balaban J connectivity index is 1.70. The van der Waals surface area contributed by atoms with Crippen molar-refractivity contribution in [2.24, 2.45) is 0 Å². The van der Waals surface area contributed by atoms with E-state index in [0.29, 0.717) is 12.3 Å². The normalized spacial score (nSPS) is 23.1. The van der Waals surface area contributed by atoms with E-state index in [9.17, 15) is 13.2 Å². The Morgan fingerprint density at radius 1 is 1.11 bits per heavy atom. The third kappa shape index (κ3) is 3.46. The first-order valence-corrected chi connectivity index (χ1v) is 12.0. The van der Waals surface area contributed by atoms with Gasteiger partial charge in [-0.2, -0.15) is 0 Å². The minimum atomic E-state index is -3.19. The molecule has 2 saturated heterocycles. The second-order valence-corrected chi connectivity index (χ2v) is 10.1. The van der Waals surface area contributed by atoms with Crippen molar-refractivity contribution in [3.05, 3.63) is 54.1 Å². The highest BCUT2D eigenvalue weighted by molar-refractivity contribution is 7.98. The number of nitrogens with zero attached hydrogens (tertiary/aromatic N) is 2. The van der Waals surface area contributed by atoms with E-state index in [1.165, 1.54) is 0 Å². The van der Waals surface area contributed by atoms with Crippen molar-refractivity contribution in [1.29, 1.82) is 0 Å². The molecule has 0 radical (unpaired) electrons. The Labute approximate surface area is 169 Å². The lowest BCUT2D eigenvalue weighted by Crippen LogP contribution is -2.37. The predicted octanol–water partition coefficient (Wildman–Crippen LogP) is 3.02. The zero-order valence-electron chi connectivity index (χ0n) is 15.7. The lowest BCUT2D eigenvalue weighted by atomic mass is 10.1. The molecule has 2 amide bonds. The number of carbonyl (C=O) groups excluding carboxylic acids is 1. The van der Waals surface area contributed by atoms with Crippen molar-refractivity contribution in [3.63, 3.8) is 0 Å². The molecule has 0 saturated carbocycles. The smallest absolute Gasteiger partial charge is 0.325 e. The fraction of sp³-hybridized carbons (Fsp3) is 0.350. The van der Waals surface area contributed by atoms with Gasteiger partial charge in [0.15, 0.2) is 9.84 Å². The molecule has 0 N–H and O–H groups in total. The van der Waals surface area contributed by atoms with E-state index < -0.39 is 9.84 Å². The second kappa shape index (κ2) is 7.33. The highest BCUT2D eigenvalue weighted by atomic mass is 32.2. The molecular weight excluding hydrogens is 396 g/mol. The summed E-state index contributed by atoms with van der Waals surface area (Å²) >= 11 is 1.59. The van der Waals surface area contributed by atoms with Crippen LogP contribution in [0.4, 0.5) is 10.5 Å². The Bertz CT molecular complexity index is 1010. The van der Waals surface area contributed by atoms with Crippen LogP contribution in [-0.4, -0.2) is 56.3 Å². The van der Waals surface area contributed by atoms with Gasteiger partial charge in [-0.05, 0) is 42.2 Å². The van der Waals surface area contributed by atoms with Crippen LogP contribution in [0.5, 0.6) is 5.75 Å². The average Bonchev–Trinajstić information content (AvgIpc) is 3.12. The van der Waals surface area contributed by atoms with Crippen molar-refractivity contribution in [3.8, 4) is 5.75 Å². The molecule has 0 bridgehead atoms. The lowest BCUT2D eigenvalue weighted by molar-refractivity contribution is 0.206. The van der Waals surface area contributed by atoms with Gasteiger partial charge in [-0.3, -0.25) is 4.90 Å². The second-order valence-electron chi connectivity index (χ2n) is 7.05. The van der Waals surface area contributed by atoms with Gasteiger partial charge in [0, 0.05) is 17.1 Å². The molecule has 0 aromatic heterocycles. The van der Waals surface area contributed by atoms with Gasteiger partial charge in [-0.1, -0.05) is 18.2 Å². The van der Waals surface area contributed by atoms with E-state index in [-0.39, 0.29) is 29.6 Å². The van der Waals surface area contributed by atoms with Gasteiger partial charge in [-0.15, -0.1) is 11.8 Å². The number of benzene rings is 2. The van der Waals surface area contributed by atoms with Gasteiger partial charge in [0.25, 0.3) is 0 Å². The Kier molecular flexibility index (Phi) is 5.01. The fourth-order valence-corrected chi connectivity index (χ4v) is 6.39. The van der Waals surface area contributed by atoms with Gasteiger partial charge in [-0.25, -0.2) is 13.2 Å². The summed E-state index contributed by atoms with van der Waals surface area (Å²) in [6, 6.07) is 14.4. The van der Waals surface area contributed by atoms with Crippen LogP contribution >= 0.6 is 11.8 Å². The fourth-order valence-electron chi connectivity index (χ4n) is 3.99. The third-order valence-electron chi connectivity index (χ3n) is 5.30. The zero-order chi connectivity index (χ0) is 19.9. The molecule has 2 atom stereocenters. The maximum Gasteiger partial charge on any atom is 0.325 e. The van der Waals surface area contributed by atoms with E-state index in [4.69, 9.17) is 4.74 Å². The van der Waals surface area contributed by atoms with Gasteiger partial charge in [0.05, 0.1) is 30.7 Å². The molecule has 2 heterocycles. The molecule has 6 nitrogen and oxygen atoms in total. The van der Waals surface area contributed by atoms with E-state index >= 15 is 0 Å². The number of rotatable bonds is 5. The Morgan fingerprint density at radius 3 is 2.61 bits per heavy atom. The average molecular weight is 419 g/mol. The van der Waals surface area contributed by atoms with Crippen molar-refractivity contribution in [1.82, 2.24) is 4.90 Å². The highest BCUT2D eigenvalue weighted by Gasteiger charge is 2.53. The predicted molar refractivity (Wildman–Crippen MR) is 111 cm³/mol. The van der Waals surface area contributed by atoms with Crippen LogP contribution in [0, 0.1) is 0 Å². The van der Waals surface area contributed by atoms with Crippen LogP contribution in [0.25, 0.3) is 0 Å². The summed E-state index contributed by atoms with van der Waals surface area (Å²) in [5.74, 6) is 0.720. The molecule has 2 fully saturated rings. The number of urea groups is 1. The number of hydrogen-bond donors (Lipinski definition) is 0. The zero-order valence-corrected chi connectivity index (χ0v) is 17.4. The first-order chi connectivity index (χ1) is 13.4. The summed E-state index contributed by atoms with van der Waals surface area (Å²) in [5.41, 5.74) is 1.66. The molecule has 8 heteroatoms.